The Balaban J connectivity index is 1.36. The van der Waals surface area contributed by atoms with Crippen molar-refractivity contribution in [1.29, 1.82) is 0 Å². The standard InChI is InChI=1S/C31H30BrF2N3O5S/c1-20(2)43(38,39)12-11-40-18-31(9-4-10-42-31)25-15-24-28(16-27(25)34)35-19-36-30(24)37-23-7-8-29(26(32)14-23)41-17-21-5-3-6-22(33)13-21/h3-8,10,13-16,19-20H,9,11-12,17-18H2,1-2H3,(H,35,36,37). The van der Waals surface area contributed by atoms with Gasteiger partial charge >= 0.3 is 0 Å². The van der Waals surface area contributed by atoms with Gasteiger partial charge in [0.25, 0.3) is 0 Å². The molecule has 226 valence electrons. The van der Waals surface area contributed by atoms with Gasteiger partial charge in [0.2, 0.25) is 0 Å². The van der Waals surface area contributed by atoms with Crippen LogP contribution in [0.5, 0.6) is 5.75 Å². The van der Waals surface area contributed by atoms with E-state index in [0.717, 1.165) is 0 Å². The van der Waals surface area contributed by atoms with Crippen LogP contribution in [-0.4, -0.2) is 42.6 Å². The Labute approximate surface area is 257 Å². The Hall–Kier alpha value is -3.61. The van der Waals surface area contributed by atoms with Gasteiger partial charge in [-0.15, -0.1) is 0 Å². The van der Waals surface area contributed by atoms with E-state index in [2.05, 4.69) is 31.2 Å². The predicted molar refractivity (Wildman–Crippen MR) is 164 cm³/mol. The summed E-state index contributed by atoms with van der Waals surface area (Å²) in [5.41, 5.74) is 0.847. The smallest absolute Gasteiger partial charge is 0.163 e. The number of anilines is 2. The average molecular weight is 675 g/mol. The van der Waals surface area contributed by atoms with Crippen molar-refractivity contribution in [3.63, 3.8) is 0 Å². The van der Waals surface area contributed by atoms with Crippen LogP contribution >= 0.6 is 15.9 Å². The van der Waals surface area contributed by atoms with Crippen LogP contribution in [0.1, 0.15) is 31.4 Å². The second kappa shape index (κ2) is 12.9. The summed E-state index contributed by atoms with van der Waals surface area (Å²) >= 11 is 3.52. The van der Waals surface area contributed by atoms with Gasteiger partial charge in [-0.05, 0) is 77.8 Å². The van der Waals surface area contributed by atoms with Crippen LogP contribution in [0.3, 0.4) is 0 Å². The number of ether oxygens (including phenoxy) is 3. The molecule has 0 radical (unpaired) electrons. The number of fused-ring (bicyclic) bond motifs is 1. The van der Waals surface area contributed by atoms with Gasteiger partial charge in [0.15, 0.2) is 15.4 Å². The summed E-state index contributed by atoms with van der Waals surface area (Å²) in [5.74, 6) is 0.0193. The van der Waals surface area contributed by atoms with E-state index in [1.54, 1.807) is 50.3 Å². The maximum Gasteiger partial charge on any atom is 0.163 e. The fourth-order valence-electron chi connectivity index (χ4n) is 4.60. The normalized spacial score (nSPS) is 16.5. The second-order valence-electron chi connectivity index (χ2n) is 10.4. The van der Waals surface area contributed by atoms with E-state index >= 15 is 4.39 Å². The first-order valence-electron chi connectivity index (χ1n) is 13.6. The van der Waals surface area contributed by atoms with Crippen molar-refractivity contribution in [1.82, 2.24) is 9.97 Å². The van der Waals surface area contributed by atoms with Gasteiger partial charge in [0, 0.05) is 29.1 Å². The van der Waals surface area contributed by atoms with Gasteiger partial charge < -0.3 is 19.5 Å². The van der Waals surface area contributed by atoms with Gasteiger partial charge in [-0.25, -0.2) is 27.2 Å². The van der Waals surface area contributed by atoms with E-state index in [9.17, 15) is 12.8 Å². The number of hydrogen-bond donors (Lipinski definition) is 1. The fourth-order valence-corrected chi connectivity index (χ4v) is 5.92. The van der Waals surface area contributed by atoms with Crippen LogP contribution in [-0.2, 0) is 31.5 Å². The second-order valence-corrected chi connectivity index (χ2v) is 13.9. The average Bonchev–Trinajstić information content (AvgIpc) is 3.44. The van der Waals surface area contributed by atoms with Crippen molar-refractivity contribution < 1.29 is 31.4 Å². The summed E-state index contributed by atoms with van der Waals surface area (Å²) in [7, 11) is -3.28. The minimum atomic E-state index is -3.28. The van der Waals surface area contributed by atoms with Crippen molar-refractivity contribution in [2.75, 3.05) is 24.3 Å². The van der Waals surface area contributed by atoms with Crippen molar-refractivity contribution in [3.8, 4) is 5.75 Å². The Morgan fingerprint density at radius 3 is 2.67 bits per heavy atom. The monoisotopic (exact) mass is 673 g/mol. The molecule has 0 amide bonds. The lowest BCUT2D eigenvalue weighted by Crippen LogP contribution is -2.33. The third kappa shape index (κ3) is 7.14. The van der Waals surface area contributed by atoms with E-state index < -0.39 is 26.5 Å². The summed E-state index contributed by atoms with van der Waals surface area (Å²) in [6.07, 6.45) is 4.95. The van der Waals surface area contributed by atoms with E-state index in [-0.39, 0.29) is 37.0 Å². The first-order chi connectivity index (χ1) is 20.6. The maximum atomic E-state index is 15.5. The van der Waals surface area contributed by atoms with Crippen LogP contribution in [0.15, 0.2) is 77.7 Å². The lowest BCUT2D eigenvalue weighted by molar-refractivity contribution is -0.0439. The van der Waals surface area contributed by atoms with Crippen molar-refractivity contribution in [3.05, 3.63) is 100 Å². The van der Waals surface area contributed by atoms with Gasteiger partial charge in [-0.1, -0.05) is 12.1 Å². The highest BCUT2D eigenvalue weighted by Gasteiger charge is 2.39. The number of hydrogen-bond acceptors (Lipinski definition) is 8. The number of benzene rings is 3. The number of nitrogens with zero attached hydrogens (tertiary/aromatic N) is 2. The molecule has 12 heteroatoms. The molecule has 0 bridgehead atoms. The van der Waals surface area contributed by atoms with Crippen LogP contribution in [0.2, 0.25) is 0 Å². The molecule has 1 unspecified atom stereocenters. The molecule has 2 heterocycles. The maximum absolute atomic E-state index is 15.5. The van der Waals surface area contributed by atoms with Crippen LogP contribution < -0.4 is 10.1 Å². The molecule has 0 aliphatic carbocycles. The van der Waals surface area contributed by atoms with E-state index in [1.165, 1.54) is 30.8 Å². The Kier molecular flexibility index (Phi) is 9.28. The number of rotatable bonds is 12. The summed E-state index contributed by atoms with van der Waals surface area (Å²) in [4.78, 5) is 8.64. The Bertz CT molecular complexity index is 1760. The summed E-state index contributed by atoms with van der Waals surface area (Å²) in [5, 5.41) is 3.31. The molecule has 5 rings (SSSR count). The minimum Gasteiger partial charge on any atom is -0.488 e. The number of aromatic nitrogens is 2. The summed E-state index contributed by atoms with van der Waals surface area (Å²) in [6, 6.07) is 14.5. The topological polar surface area (TPSA) is 99.6 Å². The third-order valence-corrected chi connectivity index (χ3v) is 9.89. The van der Waals surface area contributed by atoms with E-state index in [1.807, 2.05) is 6.07 Å². The molecule has 0 saturated carbocycles. The zero-order valence-electron chi connectivity index (χ0n) is 23.5. The predicted octanol–water partition coefficient (Wildman–Crippen LogP) is 6.96. The molecule has 4 aromatic rings. The molecule has 1 aromatic heterocycles. The van der Waals surface area contributed by atoms with Gasteiger partial charge in [0.05, 0.1) is 40.5 Å². The third-order valence-electron chi connectivity index (χ3n) is 7.10. The van der Waals surface area contributed by atoms with E-state index in [4.69, 9.17) is 14.2 Å². The molecule has 0 fully saturated rings. The molecule has 1 N–H and O–H groups in total. The quantitative estimate of drug-likeness (QED) is 0.161. The molecular formula is C31H30BrF2N3O5S. The molecule has 0 spiro atoms. The Morgan fingerprint density at radius 2 is 1.95 bits per heavy atom. The van der Waals surface area contributed by atoms with Crippen LogP contribution in [0.4, 0.5) is 20.3 Å². The van der Waals surface area contributed by atoms with E-state index in [0.29, 0.717) is 44.6 Å². The summed E-state index contributed by atoms with van der Waals surface area (Å²) in [6.45, 7) is 3.36. The fraction of sp³-hybridized carbons (Fsp3) is 0.290. The lowest BCUT2D eigenvalue weighted by Gasteiger charge is -2.30. The highest BCUT2D eigenvalue weighted by Crippen LogP contribution is 2.39. The minimum absolute atomic E-state index is 0.0342. The molecule has 1 aliphatic heterocycles. The number of halogens is 3. The first-order valence-corrected chi connectivity index (χ1v) is 16.1. The van der Waals surface area contributed by atoms with Crippen molar-refractivity contribution >= 4 is 48.2 Å². The highest BCUT2D eigenvalue weighted by molar-refractivity contribution is 9.10. The largest absolute Gasteiger partial charge is 0.488 e. The molecular weight excluding hydrogens is 644 g/mol. The van der Waals surface area contributed by atoms with Crippen LogP contribution in [0.25, 0.3) is 10.9 Å². The van der Waals surface area contributed by atoms with Crippen molar-refractivity contribution in [2.45, 2.75) is 37.7 Å². The summed E-state index contributed by atoms with van der Waals surface area (Å²) < 4.78 is 71.5. The zero-order chi connectivity index (χ0) is 30.6. The van der Waals surface area contributed by atoms with Crippen LogP contribution in [0, 0.1) is 11.6 Å². The molecule has 1 aliphatic rings. The van der Waals surface area contributed by atoms with Gasteiger partial charge in [-0.2, -0.15) is 0 Å². The van der Waals surface area contributed by atoms with Gasteiger partial charge in [0.1, 0.15) is 36.1 Å². The molecule has 1 atom stereocenters. The molecule has 0 saturated heterocycles. The Morgan fingerprint density at radius 1 is 1.12 bits per heavy atom. The molecule has 3 aromatic carbocycles. The zero-order valence-corrected chi connectivity index (χ0v) is 25.9. The number of nitrogens with one attached hydrogen (secondary N) is 1. The van der Waals surface area contributed by atoms with Gasteiger partial charge in [-0.3, -0.25) is 0 Å². The SMILES string of the molecule is CC(C)S(=O)(=O)CCOCC1(c2cc3c(Nc4ccc(OCc5cccc(F)c5)c(Br)c4)ncnc3cc2F)CC=CO1. The molecule has 8 nitrogen and oxygen atoms in total. The highest BCUT2D eigenvalue weighted by atomic mass is 79.9. The number of sulfone groups is 1. The van der Waals surface area contributed by atoms with Crippen molar-refractivity contribution in [2.24, 2.45) is 0 Å². The molecule has 43 heavy (non-hydrogen) atoms. The first kappa shape index (κ1) is 30.8. The lowest BCUT2D eigenvalue weighted by atomic mass is 9.90.